The Morgan fingerprint density at radius 2 is 1.85 bits per heavy atom. The number of benzene rings is 1. The molecule has 1 N–H and O–H groups in total. The van der Waals surface area contributed by atoms with Gasteiger partial charge in [0, 0.05) is 6.07 Å². The van der Waals surface area contributed by atoms with Gasteiger partial charge < -0.3 is 0 Å². The molecule has 0 fully saturated rings. The topological polar surface area (TPSA) is 49.9 Å². The van der Waals surface area contributed by atoms with E-state index in [1.165, 1.54) is 0 Å². The molecule has 20 heavy (non-hydrogen) atoms. The molecule has 2 rings (SSSR count). The van der Waals surface area contributed by atoms with Crippen LogP contribution in [0.15, 0.2) is 38.1 Å². The fraction of sp³-hybridized carbons (Fsp3) is 0.429. The van der Waals surface area contributed by atoms with Gasteiger partial charge in [0.15, 0.2) is 8.07 Å². The van der Waals surface area contributed by atoms with Crippen LogP contribution in [0.1, 0.15) is 20.8 Å². The fourth-order valence-corrected chi connectivity index (χ4v) is 4.42. The number of H-pyrrole nitrogens is 1. The number of hydrogen-bond donors (Lipinski definition) is 1. The van der Waals surface area contributed by atoms with E-state index in [2.05, 4.69) is 55.1 Å². The number of hydrogen-bond acceptors (Lipinski definition) is 2. The normalized spacial score (nSPS) is 12.7. The summed E-state index contributed by atoms with van der Waals surface area (Å²) in [5, 5.41) is 3.54. The van der Waals surface area contributed by atoms with E-state index in [4.69, 9.17) is 4.52 Å². The Balaban J connectivity index is 2.72. The van der Waals surface area contributed by atoms with E-state index in [-0.39, 0.29) is 10.7 Å². The number of aromatic amines is 1. The van der Waals surface area contributed by atoms with Crippen molar-refractivity contribution in [1.82, 2.24) is 5.27 Å². The van der Waals surface area contributed by atoms with Gasteiger partial charge in [-0.2, -0.15) is 0 Å². The minimum Gasteiger partial charge on any atom is -0.283 e. The summed E-state index contributed by atoms with van der Waals surface area (Å²) in [6.45, 7) is 10.9. The number of nitrogens with one attached hydrogen (secondary N) is 1. The lowest BCUT2D eigenvalue weighted by Gasteiger charge is -2.31. The Labute approximate surface area is 127 Å². The van der Waals surface area contributed by atoms with Crippen LogP contribution < -0.4 is 15.6 Å². The van der Waals surface area contributed by atoms with E-state index in [0.29, 0.717) is 0 Å². The van der Waals surface area contributed by atoms with Gasteiger partial charge >= 0.3 is 5.63 Å². The summed E-state index contributed by atoms with van der Waals surface area (Å²) in [5.41, 5.74) is 0.616. The Morgan fingerprint density at radius 1 is 1.25 bits per heavy atom. The highest BCUT2D eigenvalue weighted by Crippen LogP contribution is 2.34. The highest BCUT2D eigenvalue weighted by atomic mass is 79.9. The first-order valence-electron chi connectivity index (χ1n) is 6.55. The van der Waals surface area contributed by atoms with Crippen molar-refractivity contribution in [3.8, 4) is 5.69 Å². The lowest BCUT2D eigenvalue weighted by Crippen LogP contribution is -2.67. The van der Waals surface area contributed by atoms with Crippen LogP contribution in [0.3, 0.4) is 0 Å². The molecule has 0 saturated carbocycles. The van der Waals surface area contributed by atoms with Crippen LogP contribution in [0.5, 0.6) is 0 Å². The smallest absolute Gasteiger partial charge is 0.283 e. The monoisotopic (exact) mass is 355 g/mol. The molecule has 0 spiro atoms. The molecule has 0 aliphatic heterocycles. The second-order valence-corrected chi connectivity index (χ2v) is 12.6. The van der Waals surface area contributed by atoms with Crippen molar-refractivity contribution < 1.29 is 9.20 Å². The van der Waals surface area contributed by atoms with Gasteiger partial charge in [-0.3, -0.25) is 4.52 Å². The van der Waals surface area contributed by atoms with E-state index >= 15 is 0 Å². The van der Waals surface area contributed by atoms with Gasteiger partial charge in [0.25, 0.3) is 11.0 Å². The van der Waals surface area contributed by atoms with Crippen LogP contribution in [0, 0.1) is 0 Å². The molecule has 0 bridgehead atoms. The molecule has 108 valence electrons. The molecule has 1 heterocycles. The maximum Gasteiger partial charge on any atom is 0.424 e. The predicted octanol–water partition coefficient (Wildman–Crippen LogP) is 2.72. The van der Waals surface area contributed by atoms with Gasteiger partial charge in [-0.05, 0) is 37.0 Å². The summed E-state index contributed by atoms with van der Waals surface area (Å²) in [6.07, 6.45) is 0. The molecule has 4 nitrogen and oxygen atoms in total. The minimum atomic E-state index is -2.02. The Kier molecular flexibility index (Phi) is 3.81. The van der Waals surface area contributed by atoms with Crippen molar-refractivity contribution in [1.29, 1.82) is 0 Å². The van der Waals surface area contributed by atoms with Crippen LogP contribution in [0.25, 0.3) is 5.69 Å². The first-order chi connectivity index (χ1) is 9.16. The van der Waals surface area contributed by atoms with E-state index in [9.17, 15) is 4.79 Å². The molecule has 0 atom stereocenters. The number of aromatic nitrogens is 2. The van der Waals surface area contributed by atoms with Crippen molar-refractivity contribution in [2.45, 2.75) is 38.9 Å². The largest absolute Gasteiger partial charge is 0.424 e. The van der Waals surface area contributed by atoms with Crippen molar-refractivity contribution >= 4 is 29.3 Å². The third kappa shape index (κ3) is 2.42. The quantitative estimate of drug-likeness (QED) is 0.665. The SMILES string of the molecule is CC(C)(C)[Si](C)(C)c1c(=O)o[nH][n+]1-c1ccccc1Br. The summed E-state index contributed by atoms with van der Waals surface area (Å²) in [6, 6.07) is 7.78. The van der Waals surface area contributed by atoms with Crippen LogP contribution in [0.4, 0.5) is 0 Å². The second kappa shape index (κ2) is 5.00. The van der Waals surface area contributed by atoms with Crippen molar-refractivity contribution in [2.24, 2.45) is 0 Å². The average molecular weight is 356 g/mol. The molecular weight excluding hydrogens is 336 g/mol. The standard InChI is InChI=1S/C14H19BrN2O2Si/c1-14(2,3)20(4,5)12-13(18)19-16-17(12)11-9-7-6-8-10(11)15/h6-9H,1-5H3/p+1. The third-order valence-electron chi connectivity index (χ3n) is 4.21. The lowest BCUT2D eigenvalue weighted by atomic mass is 10.2. The summed E-state index contributed by atoms with van der Waals surface area (Å²) in [4.78, 5) is 12.2. The van der Waals surface area contributed by atoms with Gasteiger partial charge in [-0.1, -0.05) is 46.0 Å². The molecule has 0 aliphatic carbocycles. The maximum absolute atomic E-state index is 12.2. The van der Waals surface area contributed by atoms with Crippen molar-refractivity contribution in [2.75, 3.05) is 0 Å². The van der Waals surface area contributed by atoms with Crippen LogP contribution >= 0.6 is 15.9 Å². The van der Waals surface area contributed by atoms with E-state index < -0.39 is 8.07 Å². The van der Waals surface area contributed by atoms with Crippen molar-refractivity contribution in [3.05, 3.63) is 39.2 Å². The first kappa shape index (κ1) is 15.2. The van der Waals surface area contributed by atoms with Gasteiger partial charge in [0.2, 0.25) is 0 Å². The predicted molar refractivity (Wildman–Crippen MR) is 85.4 cm³/mol. The minimum absolute atomic E-state index is 0.0485. The zero-order valence-electron chi connectivity index (χ0n) is 12.5. The van der Waals surface area contributed by atoms with E-state index in [1.54, 1.807) is 4.68 Å². The number of para-hydroxylation sites is 1. The van der Waals surface area contributed by atoms with E-state index in [1.807, 2.05) is 24.3 Å². The second-order valence-electron chi connectivity index (χ2n) is 6.49. The summed E-state index contributed by atoms with van der Waals surface area (Å²) >= 11 is 3.52. The molecule has 0 saturated heterocycles. The lowest BCUT2D eigenvalue weighted by molar-refractivity contribution is -0.655. The molecule has 0 amide bonds. The molecule has 2 aromatic rings. The maximum atomic E-state index is 12.2. The number of nitrogens with zero attached hydrogens (tertiary/aromatic N) is 1. The van der Waals surface area contributed by atoms with Crippen molar-refractivity contribution in [3.63, 3.8) is 0 Å². The van der Waals surface area contributed by atoms with Gasteiger partial charge in [-0.25, -0.2) is 4.79 Å². The highest BCUT2D eigenvalue weighted by molar-refractivity contribution is 9.10. The molecule has 0 radical (unpaired) electrons. The fourth-order valence-electron chi connectivity index (χ4n) is 1.96. The molecular formula is C14H20BrN2O2Si+. The highest BCUT2D eigenvalue weighted by Gasteiger charge is 2.49. The third-order valence-corrected chi connectivity index (χ3v) is 10.2. The Hall–Kier alpha value is -1.14. The number of halogens is 1. The zero-order valence-corrected chi connectivity index (χ0v) is 15.0. The summed E-state index contributed by atoms with van der Waals surface area (Å²) in [7, 11) is -2.02. The Morgan fingerprint density at radius 3 is 2.40 bits per heavy atom. The molecule has 1 aromatic carbocycles. The Bertz CT molecular complexity index is 683. The first-order valence-corrected chi connectivity index (χ1v) is 10.3. The molecule has 1 aromatic heterocycles. The van der Waals surface area contributed by atoms with Gasteiger partial charge in [0.1, 0.15) is 0 Å². The molecule has 0 aliphatic rings. The van der Waals surface area contributed by atoms with Gasteiger partial charge in [0.05, 0.1) is 4.47 Å². The van der Waals surface area contributed by atoms with Crippen LogP contribution in [-0.2, 0) is 0 Å². The average Bonchev–Trinajstić information content (AvgIpc) is 2.70. The molecule has 6 heteroatoms. The van der Waals surface area contributed by atoms with Crippen LogP contribution in [-0.4, -0.2) is 13.3 Å². The van der Waals surface area contributed by atoms with E-state index in [0.717, 1.165) is 15.5 Å². The number of rotatable bonds is 2. The summed E-state index contributed by atoms with van der Waals surface area (Å²) < 4.78 is 7.78. The van der Waals surface area contributed by atoms with Gasteiger partial charge in [-0.15, -0.1) is 0 Å². The van der Waals surface area contributed by atoms with Crippen LogP contribution in [0.2, 0.25) is 18.1 Å². The zero-order chi connectivity index (χ0) is 15.1. The summed E-state index contributed by atoms with van der Waals surface area (Å²) in [5.74, 6) is 0. The molecule has 0 unspecified atom stereocenters.